The number of hydrogen-bond acceptors (Lipinski definition) is 4. The molecule has 7 nitrogen and oxygen atoms in total. The fourth-order valence-electron chi connectivity index (χ4n) is 3.60. The van der Waals surface area contributed by atoms with Crippen LogP contribution in [0.25, 0.3) is 0 Å². The van der Waals surface area contributed by atoms with Crippen molar-refractivity contribution in [2.24, 2.45) is 0 Å². The number of anilines is 2. The van der Waals surface area contributed by atoms with Crippen molar-refractivity contribution >= 4 is 44.8 Å². The van der Waals surface area contributed by atoms with E-state index in [0.29, 0.717) is 22.0 Å². The topological polar surface area (TPSA) is 95.6 Å². The Balaban J connectivity index is 1.62. The standard InChI is InChI=1S/C26H28ClN3O4S/c1-19(20-10-4-3-5-11-20)28-26(32)23-14-6-7-15-24(23)29-25(31)16-9-17-30(35(2,33)34)22-13-8-12-21(27)18-22/h3-8,10-15,18-19H,9,16-17H2,1-2H3,(H,28,32)(H,29,31)/t19-/m1/s1. The van der Waals surface area contributed by atoms with Gasteiger partial charge in [-0.25, -0.2) is 8.42 Å². The van der Waals surface area contributed by atoms with Crippen molar-refractivity contribution in [2.75, 3.05) is 22.4 Å². The molecule has 2 N–H and O–H groups in total. The van der Waals surface area contributed by atoms with E-state index in [1.165, 1.54) is 4.31 Å². The van der Waals surface area contributed by atoms with Gasteiger partial charge >= 0.3 is 0 Å². The summed E-state index contributed by atoms with van der Waals surface area (Å²) in [5, 5.41) is 6.15. The van der Waals surface area contributed by atoms with Gasteiger partial charge in [0.05, 0.1) is 29.2 Å². The molecule has 0 heterocycles. The van der Waals surface area contributed by atoms with Crippen LogP contribution >= 0.6 is 11.6 Å². The van der Waals surface area contributed by atoms with Crippen LogP contribution in [0.3, 0.4) is 0 Å². The Labute approximate surface area is 211 Å². The fraction of sp³-hybridized carbons (Fsp3) is 0.231. The molecule has 3 aromatic rings. The molecule has 3 rings (SSSR count). The molecule has 0 aliphatic heterocycles. The number of nitrogens with one attached hydrogen (secondary N) is 2. The maximum Gasteiger partial charge on any atom is 0.253 e. The van der Waals surface area contributed by atoms with E-state index in [9.17, 15) is 18.0 Å². The quantitative estimate of drug-likeness (QED) is 0.398. The van der Waals surface area contributed by atoms with Crippen LogP contribution in [0, 0.1) is 0 Å². The Hall–Kier alpha value is -3.36. The smallest absolute Gasteiger partial charge is 0.253 e. The van der Waals surface area contributed by atoms with Gasteiger partial charge in [0.15, 0.2) is 0 Å². The first kappa shape index (κ1) is 26.2. The molecule has 0 saturated carbocycles. The number of sulfonamides is 1. The number of halogens is 1. The predicted molar refractivity (Wildman–Crippen MR) is 140 cm³/mol. The highest BCUT2D eigenvalue weighted by Gasteiger charge is 2.19. The van der Waals surface area contributed by atoms with E-state index in [1.54, 1.807) is 48.5 Å². The molecular formula is C26H28ClN3O4S. The molecule has 3 aromatic carbocycles. The third-order valence-electron chi connectivity index (χ3n) is 5.35. The minimum absolute atomic E-state index is 0.0724. The van der Waals surface area contributed by atoms with Crippen LogP contribution in [0.5, 0.6) is 0 Å². The highest BCUT2D eigenvalue weighted by Crippen LogP contribution is 2.23. The number of benzene rings is 3. The molecule has 1 atom stereocenters. The van der Waals surface area contributed by atoms with Crippen LogP contribution in [0.2, 0.25) is 5.02 Å². The van der Waals surface area contributed by atoms with Crippen molar-refractivity contribution in [3.05, 3.63) is 95.0 Å². The lowest BCUT2D eigenvalue weighted by Gasteiger charge is -2.22. The molecule has 0 saturated heterocycles. The van der Waals surface area contributed by atoms with E-state index >= 15 is 0 Å². The van der Waals surface area contributed by atoms with E-state index in [0.717, 1.165) is 11.8 Å². The highest BCUT2D eigenvalue weighted by atomic mass is 35.5. The van der Waals surface area contributed by atoms with Gasteiger partial charge in [-0.05, 0) is 49.2 Å². The largest absolute Gasteiger partial charge is 0.345 e. The van der Waals surface area contributed by atoms with Crippen molar-refractivity contribution < 1.29 is 18.0 Å². The number of nitrogens with zero attached hydrogens (tertiary/aromatic N) is 1. The Kier molecular flexibility index (Phi) is 8.89. The lowest BCUT2D eigenvalue weighted by Crippen LogP contribution is -2.31. The van der Waals surface area contributed by atoms with E-state index in [1.807, 2.05) is 37.3 Å². The van der Waals surface area contributed by atoms with Crippen LogP contribution in [0.15, 0.2) is 78.9 Å². The predicted octanol–water partition coefficient (Wildman–Crippen LogP) is 5.02. The number of para-hydroxylation sites is 1. The second kappa shape index (κ2) is 11.9. The summed E-state index contributed by atoms with van der Waals surface area (Å²) >= 11 is 6.00. The minimum Gasteiger partial charge on any atom is -0.345 e. The lowest BCUT2D eigenvalue weighted by molar-refractivity contribution is -0.116. The average Bonchev–Trinajstić information content (AvgIpc) is 2.82. The summed E-state index contributed by atoms with van der Waals surface area (Å²) in [5.74, 6) is -0.623. The van der Waals surface area contributed by atoms with E-state index in [4.69, 9.17) is 11.6 Å². The second-order valence-corrected chi connectivity index (χ2v) is 10.5. The van der Waals surface area contributed by atoms with Gasteiger partial charge in [-0.2, -0.15) is 0 Å². The molecule has 0 aliphatic carbocycles. The summed E-state index contributed by atoms with van der Waals surface area (Å²) < 4.78 is 25.7. The molecule has 35 heavy (non-hydrogen) atoms. The van der Waals surface area contributed by atoms with Crippen LogP contribution in [-0.2, 0) is 14.8 Å². The number of hydrogen-bond donors (Lipinski definition) is 2. The summed E-state index contributed by atoms with van der Waals surface area (Å²) in [6.07, 6.45) is 1.47. The minimum atomic E-state index is -3.55. The first-order valence-corrected chi connectivity index (χ1v) is 13.4. The highest BCUT2D eigenvalue weighted by molar-refractivity contribution is 7.92. The second-order valence-electron chi connectivity index (χ2n) is 8.12. The normalized spacial score (nSPS) is 12.0. The third kappa shape index (κ3) is 7.56. The monoisotopic (exact) mass is 513 g/mol. The van der Waals surface area contributed by atoms with Gasteiger partial charge in [0.2, 0.25) is 15.9 Å². The molecule has 2 amide bonds. The zero-order chi connectivity index (χ0) is 25.4. The Morgan fingerprint density at radius 3 is 2.34 bits per heavy atom. The number of carbonyl (C=O) groups is 2. The van der Waals surface area contributed by atoms with Crippen LogP contribution < -0.4 is 14.9 Å². The summed E-state index contributed by atoms with van der Waals surface area (Å²) in [7, 11) is -3.55. The molecule has 0 aromatic heterocycles. The van der Waals surface area contributed by atoms with Crippen LogP contribution in [0.1, 0.15) is 41.7 Å². The first-order chi connectivity index (χ1) is 16.6. The Morgan fingerprint density at radius 1 is 0.971 bits per heavy atom. The Morgan fingerprint density at radius 2 is 1.66 bits per heavy atom. The molecule has 0 unspecified atom stereocenters. The average molecular weight is 514 g/mol. The van der Waals surface area contributed by atoms with Gasteiger partial charge in [-0.15, -0.1) is 0 Å². The SMILES string of the molecule is C[C@@H](NC(=O)c1ccccc1NC(=O)CCCN(c1cccc(Cl)c1)S(C)(=O)=O)c1ccccc1. The first-order valence-electron chi connectivity index (χ1n) is 11.1. The van der Waals surface area contributed by atoms with Crippen molar-refractivity contribution in [2.45, 2.75) is 25.8 Å². The number of rotatable bonds is 10. The van der Waals surface area contributed by atoms with Gasteiger partial charge in [0.1, 0.15) is 0 Å². The van der Waals surface area contributed by atoms with E-state index in [2.05, 4.69) is 10.6 Å². The van der Waals surface area contributed by atoms with Crippen LogP contribution in [0.4, 0.5) is 11.4 Å². The zero-order valence-corrected chi connectivity index (χ0v) is 21.1. The third-order valence-corrected chi connectivity index (χ3v) is 6.78. The molecule has 0 fully saturated rings. The van der Waals surface area contributed by atoms with Gasteiger partial charge in [0, 0.05) is 18.0 Å². The fourth-order valence-corrected chi connectivity index (χ4v) is 4.74. The summed E-state index contributed by atoms with van der Waals surface area (Å²) in [4.78, 5) is 25.5. The summed E-state index contributed by atoms with van der Waals surface area (Å²) in [6.45, 7) is 2.01. The van der Waals surface area contributed by atoms with Crippen molar-refractivity contribution in [1.29, 1.82) is 0 Å². The molecule has 0 aliphatic rings. The number of amides is 2. The van der Waals surface area contributed by atoms with Crippen molar-refractivity contribution in [1.82, 2.24) is 5.32 Å². The Bertz CT molecular complexity index is 1280. The molecular weight excluding hydrogens is 486 g/mol. The van der Waals surface area contributed by atoms with Gasteiger partial charge < -0.3 is 10.6 Å². The molecule has 0 spiro atoms. The van der Waals surface area contributed by atoms with Gasteiger partial charge in [-0.1, -0.05) is 60.1 Å². The molecule has 184 valence electrons. The molecule has 0 radical (unpaired) electrons. The van der Waals surface area contributed by atoms with Crippen molar-refractivity contribution in [3.8, 4) is 0 Å². The lowest BCUT2D eigenvalue weighted by atomic mass is 10.1. The summed E-state index contributed by atoms with van der Waals surface area (Å²) in [5.41, 5.74) is 2.15. The summed E-state index contributed by atoms with van der Waals surface area (Å²) in [6, 6.07) is 22.7. The van der Waals surface area contributed by atoms with Gasteiger partial charge in [-0.3, -0.25) is 13.9 Å². The number of carbonyl (C=O) groups excluding carboxylic acids is 2. The van der Waals surface area contributed by atoms with Crippen LogP contribution in [-0.4, -0.2) is 33.0 Å². The van der Waals surface area contributed by atoms with Crippen molar-refractivity contribution in [3.63, 3.8) is 0 Å². The molecule has 9 heteroatoms. The maximum absolute atomic E-state index is 12.9. The van der Waals surface area contributed by atoms with Gasteiger partial charge in [0.25, 0.3) is 5.91 Å². The van der Waals surface area contributed by atoms with E-state index < -0.39 is 10.0 Å². The zero-order valence-electron chi connectivity index (χ0n) is 19.6. The maximum atomic E-state index is 12.9. The van der Waals surface area contributed by atoms with E-state index in [-0.39, 0.29) is 37.2 Å². The molecule has 0 bridgehead atoms.